The van der Waals surface area contributed by atoms with E-state index in [9.17, 15) is 14.7 Å². The highest BCUT2D eigenvalue weighted by atomic mass is 35.5. The molecule has 6 nitrogen and oxygen atoms in total. The molecule has 3 rings (SSSR count). The lowest BCUT2D eigenvalue weighted by molar-refractivity contribution is 0.0173. The number of carbonyl (C=O) groups is 2. The van der Waals surface area contributed by atoms with Crippen molar-refractivity contribution in [1.82, 2.24) is 9.80 Å². The number of amides is 2. The van der Waals surface area contributed by atoms with Crippen LogP contribution < -0.4 is 0 Å². The summed E-state index contributed by atoms with van der Waals surface area (Å²) < 4.78 is 5.41. The Balaban J connectivity index is 1.89. The minimum atomic E-state index is -0.956. The van der Waals surface area contributed by atoms with Crippen LogP contribution in [0.1, 0.15) is 29.6 Å². The van der Waals surface area contributed by atoms with Crippen LogP contribution in [0.15, 0.2) is 18.2 Å². The third-order valence-corrected chi connectivity index (χ3v) is 5.65. The zero-order valence-electron chi connectivity index (χ0n) is 13.7. The number of likely N-dealkylation sites (tertiary alicyclic amines) is 1. The van der Waals surface area contributed by atoms with Crippen molar-refractivity contribution in [2.75, 3.05) is 26.3 Å². The first-order valence-electron chi connectivity index (χ1n) is 8.31. The molecule has 25 heavy (non-hydrogen) atoms. The molecule has 1 aromatic rings. The van der Waals surface area contributed by atoms with Gasteiger partial charge >= 0.3 is 6.09 Å². The van der Waals surface area contributed by atoms with Crippen LogP contribution in [0.2, 0.25) is 10.0 Å². The normalized spacial score (nSPS) is 21.4. The lowest BCUT2D eigenvalue weighted by Gasteiger charge is -2.38. The van der Waals surface area contributed by atoms with Crippen molar-refractivity contribution in [3.05, 3.63) is 33.8 Å². The first kappa shape index (κ1) is 18.3. The van der Waals surface area contributed by atoms with Gasteiger partial charge in [0.1, 0.15) is 0 Å². The van der Waals surface area contributed by atoms with Gasteiger partial charge < -0.3 is 19.6 Å². The van der Waals surface area contributed by atoms with E-state index in [-0.39, 0.29) is 23.0 Å². The van der Waals surface area contributed by atoms with Crippen molar-refractivity contribution in [1.29, 1.82) is 0 Å². The van der Waals surface area contributed by atoms with Gasteiger partial charge in [-0.2, -0.15) is 0 Å². The van der Waals surface area contributed by atoms with E-state index in [1.807, 2.05) is 4.90 Å². The molecule has 2 heterocycles. The van der Waals surface area contributed by atoms with E-state index in [1.165, 1.54) is 4.90 Å². The first-order valence-corrected chi connectivity index (χ1v) is 9.07. The molecule has 2 saturated heterocycles. The van der Waals surface area contributed by atoms with Gasteiger partial charge in [0, 0.05) is 32.3 Å². The van der Waals surface area contributed by atoms with Gasteiger partial charge in [0.05, 0.1) is 21.7 Å². The Morgan fingerprint density at radius 2 is 1.88 bits per heavy atom. The molecule has 0 unspecified atom stereocenters. The molecule has 1 N–H and O–H groups in total. The Hall–Kier alpha value is -1.50. The Kier molecular flexibility index (Phi) is 5.71. The van der Waals surface area contributed by atoms with E-state index < -0.39 is 6.09 Å². The zero-order valence-corrected chi connectivity index (χ0v) is 15.2. The van der Waals surface area contributed by atoms with E-state index >= 15 is 0 Å². The third-order valence-electron chi connectivity index (χ3n) is 4.83. The summed E-state index contributed by atoms with van der Waals surface area (Å²) in [6, 6.07) is 4.84. The number of halogens is 2. The molecular weight excluding hydrogens is 367 g/mol. The van der Waals surface area contributed by atoms with E-state index in [1.54, 1.807) is 18.2 Å². The number of nitrogens with zero attached hydrogens (tertiary/aromatic N) is 2. The van der Waals surface area contributed by atoms with Crippen molar-refractivity contribution in [2.45, 2.75) is 31.3 Å². The highest BCUT2D eigenvalue weighted by Crippen LogP contribution is 2.30. The van der Waals surface area contributed by atoms with Gasteiger partial charge in [0.25, 0.3) is 5.91 Å². The first-order chi connectivity index (χ1) is 12.0. The fraction of sp³-hybridized carbons (Fsp3) is 0.529. The van der Waals surface area contributed by atoms with Crippen LogP contribution in [0.5, 0.6) is 0 Å². The van der Waals surface area contributed by atoms with Gasteiger partial charge in [0.15, 0.2) is 0 Å². The Labute approximate surface area is 156 Å². The van der Waals surface area contributed by atoms with Gasteiger partial charge in [-0.3, -0.25) is 4.79 Å². The molecule has 1 atom stereocenters. The molecule has 2 fully saturated rings. The lowest BCUT2D eigenvalue weighted by atomic mass is 10.0. The minimum absolute atomic E-state index is 0.00930. The second kappa shape index (κ2) is 7.81. The summed E-state index contributed by atoms with van der Waals surface area (Å²) in [5.74, 6) is -0.198. The van der Waals surface area contributed by atoms with Crippen LogP contribution in [0, 0.1) is 0 Å². The standard InChI is InChI=1S/C17H20Cl2N2O4/c18-14-3-1-2-13(15(14)19)16(22)21(11-5-8-25-9-6-11)12-4-7-20(10-12)17(23)24/h1-3,11-12H,4-10H2,(H,23,24)/t12-/m0/s1. The minimum Gasteiger partial charge on any atom is -0.465 e. The van der Waals surface area contributed by atoms with Gasteiger partial charge in [-0.1, -0.05) is 29.3 Å². The van der Waals surface area contributed by atoms with Crippen LogP contribution in [0.25, 0.3) is 0 Å². The van der Waals surface area contributed by atoms with E-state index in [0.29, 0.717) is 43.3 Å². The molecule has 0 bridgehead atoms. The Morgan fingerprint density at radius 3 is 2.52 bits per heavy atom. The van der Waals surface area contributed by atoms with Gasteiger partial charge in [-0.25, -0.2) is 4.79 Å². The van der Waals surface area contributed by atoms with Crippen molar-refractivity contribution in [2.24, 2.45) is 0 Å². The summed E-state index contributed by atoms with van der Waals surface area (Å²) in [6.45, 7) is 1.92. The highest BCUT2D eigenvalue weighted by molar-refractivity contribution is 6.43. The summed E-state index contributed by atoms with van der Waals surface area (Å²) in [5, 5.41) is 9.79. The lowest BCUT2D eigenvalue weighted by Crippen LogP contribution is -2.50. The van der Waals surface area contributed by atoms with Crippen LogP contribution in [-0.2, 0) is 4.74 Å². The maximum absolute atomic E-state index is 13.3. The number of benzene rings is 1. The third kappa shape index (κ3) is 3.86. The van der Waals surface area contributed by atoms with Crippen LogP contribution in [0.4, 0.5) is 4.79 Å². The summed E-state index contributed by atoms with van der Waals surface area (Å²) in [4.78, 5) is 27.7. The van der Waals surface area contributed by atoms with Gasteiger partial charge in [-0.05, 0) is 31.4 Å². The quantitative estimate of drug-likeness (QED) is 0.864. The molecule has 0 saturated carbocycles. The molecule has 2 aliphatic rings. The predicted molar refractivity (Wildman–Crippen MR) is 94.5 cm³/mol. The van der Waals surface area contributed by atoms with Crippen molar-refractivity contribution < 1.29 is 19.4 Å². The van der Waals surface area contributed by atoms with Gasteiger partial charge in [-0.15, -0.1) is 0 Å². The zero-order chi connectivity index (χ0) is 18.0. The summed E-state index contributed by atoms with van der Waals surface area (Å²) in [5.41, 5.74) is 0.356. The van der Waals surface area contributed by atoms with Crippen LogP contribution in [0.3, 0.4) is 0 Å². The van der Waals surface area contributed by atoms with E-state index in [4.69, 9.17) is 27.9 Å². The van der Waals surface area contributed by atoms with Crippen LogP contribution in [-0.4, -0.2) is 65.3 Å². The Bertz CT molecular complexity index is 664. The number of carbonyl (C=O) groups excluding carboxylic acids is 1. The number of rotatable bonds is 3. The largest absolute Gasteiger partial charge is 0.465 e. The monoisotopic (exact) mass is 386 g/mol. The van der Waals surface area contributed by atoms with E-state index in [2.05, 4.69) is 0 Å². The topological polar surface area (TPSA) is 70.1 Å². The SMILES string of the molecule is O=C(O)N1CC[C@H](N(C(=O)c2cccc(Cl)c2Cl)C2CCOCC2)C1. The maximum Gasteiger partial charge on any atom is 0.407 e. The number of hydrogen-bond acceptors (Lipinski definition) is 3. The number of ether oxygens (including phenoxy) is 1. The van der Waals surface area contributed by atoms with Crippen molar-refractivity contribution >= 4 is 35.2 Å². The van der Waals surface area contributed by atoms with Crippen molar-refractivity contribution in [3.8, 4) is 0 Å². The maximum atomic E-state index is 13.3. The summed E-state index contributed by atoms with van der Waals surface area (Å²) in [7, 11) is 0. The van der Waals surface area contributed by atoms with Gasteiger partial charge in [0.2, 0.25) is 0 Å². The molecule has 8 heteroatoms. The summed E-state index contributed by atoms with van der Waals surface area (Å²) in [6.07, 6.45) is 1.12. The number of hydrogen-bond donors (Lipinski definition) is 1. The fourth-order valence-electron chi connectivity index (χ4n) is 3.54. The second-order valence-corrected chi connectivity index (χ2v) is 7.11. The number of carboxylic acid groups (broad SMARTS) is 1. The average molecular weight is 387 g/mol. The molecular formula is C17H20Cl2N2O4. The Morgan fingerprint density at radius 1 is 1.16 bits per heavy atom. The summed E-state index contributed by atoms with van der Waals surface area (Å²) >= 11 is 12.3. The molecule has 2 amide bonds. The highest BCUT2D eigenvalue weighted by Gasteiger charge is 2.38. The molecule has 136 valence electrons. The molecule has 2 aliphatic heterocycles. The fourth-order valence-corrected chi connectivity index (χ4v) is 3.93. The molecule has 0 spiro atoms. The smallest absolute Gasteiger partial charge is 0.407 e. The molecule has 1 aromatic carbocycles. The predicted octanol–water partition coefficient (Wildman–Crippen LogP) is 3.37. The van der Waals surface area contributed by atoms with E-state index in [0.717, 1.165) is 12.8 Å². The average Bonchev–Trinajstić information content (AvgIpc) is 3.08. The molecule has 0 radical (unpaired) electrons. The van der Waals surface area contributed by atoms with Crippen molar-refractivity contribution in [3.63, 3.8) is 0 Å². The molecule has 0 aromatic heterocycles. The van der Waals surface area contributed by atoms with Crippen LogP contribution >= 0.6 is 23.2 Å². The molecule has 0 aliphatic carbocycles. The second-order valence-electron chi connectivity index (χ2n) is 6.33.